The topological polar surface area (TPSA) is 69.7 Å². The van der Waals surface area contributed by atoms with E-state index < -0.39 is 11.8 Å². The molecule has 0 atom stereocenters. The molecule has 9 heteroatoms. The highest BCUT2D eigenvalue weighted by Crippen LogP contribution is 2.36. The van der Waals surface area contributed by atoms with Crippen LogP contribution in [0.2, 0.25) is 10.0 Å². The summed E-state index contributed by atoms with van der Waals surface area (Å²) < 4.78 is 0. The van der Waals surface area contributed by atoms with Crippen molar-refractivity contribution in [3.05, 3.63) is 141 Å². The number of anilines is 2. The molecule has 4 aromatic rings. The Balaban J connectivity index is 1.40. The van der Waals surface area contributed by atoms with E-state index in [2.05, 4.69) is 5.32 Å². The number of nitrogens with one attached hydrogen (secondary N) is 1. The van der Waals surface area contributed by atoms with Gasteiger partial charge in [-0.2, -0.15) is 0 Å². The number of benzene rings is 4. The molecule has 1 heterocycles. The first-order valence-corrected chi connectivity index (χ1v) is 13.4. The maximum atomic E-state index is 13.7. The summed E-state index contributed by atoms with van der Waals surface area (Å²) >= 11 is 18.6. The quantitative estimate of drug-likeness (QED) is 0.219. The summed E-state index contributed by atoms with van der Waals surface area (Å²) in [6.07, 6.45) is 0. The van der Waals surface area contributed by atoms with Crippen molar-refractivity contribution >= 4 is 63.9 Å². The first-order valence-electron chi connectivity index (χ1n) is 12.3. The van der Waals surface area contributed by atoms with Crippen molar-refractivity contribution < 1.29 is 14.4 Å². The second-order valence-corrected chi connectivity index (χ2v) is 10.3. The van der Waals surface area contributed by atoms with Gasteiger partial charge in [-0.1, -0.05) is 102 Å². The number of rotatable bonds is 8. The molecule has 5 rings (SSSR count). The van der Waals surface area contributed by atoms with E-state index in [9.17, 15) is 14.4 Å². The van der Waals surface area contributed by atoms with Gasteiger partial charge in [0.25, 0.3) is 17.7 Å². The molecule has 40 heavy (non-hydrogen) atoms. The maximum absolute atomic E-state index is 13.7. The molecule has 0 fully saturated rings. The minimum Gasteiger partial charge on any atom is -0.350 e. The van der Waals surface area contributed by atoms with E-state index in [4.69, 9.17) is 34.8 Å². The van der Waals surface area contributed by atoms with Crippen molar-refractivity contribution in [1.82, 2.24) is 4.90 Å². The first kappa shape index (κ1) is 27.5. The van der Waals surface area contributed by atoms with Crippen LogP contribution in [-0.4, -0.2) is 22.6 Å². The van der Waals surface area contributed by atoms with Crippen molar-refractivity contribution in [1.29, 1.82) is 0 Å². The molecule has 0 aliphatic carbocycles. The SMILES string of the molecule is O=C(c1cccc(NC2=C(Cl)C(=O)N(c3cc(Cl)ccc3Cl)C2=O)c1)N(Cc1ccccc1)Cc1ccccc1. The molecule has 1 aliphatic heterocycles. The average Bonchev–Trinajstić information content (AvgIpc) is 3.17. The molecular weight excluding hydrogens is 569 g/mol. The number of hydrogen-bond donors (Lipinski definition) is 1. The summed E-state index contributed by atoms with van der Waals surface area (Å²) in [4.78, 5) is 42.5. The van der Waals surface area contributed by atoms with E-state index in [1.807, 2.05) is 60.7 Å². The zero-order valence-corrected chi connectivity index (χ0v) is 23.3. The van der Waals surface area contributed by atoms with Gasteiger partial charge >= 0.3 is 0 Å². The Morgan fingerprint density at radius 2 is 1.35 bits per heavy atom. The normalized spacial score (nSPS) is 13.1. The van der Waals surface area contributed by atoms with Crippen molar-refractivity contribution in [3.63, 3.8) is 0 Å². The summed E-state index contributed by atoms with van der Waals surface area (Å²) in [5.74, 6) is -1.62. The number of halogens is 3. The number of nitrogens with zero attached hydrogens (tertiary/aromatic N) is 2. The molecule has 0 saturated heterocycles. The summed E-state index contributed by atoms with van der Waals surface area (Å²) in [7, 11) is 0. The summed E-state index contributed by atoms with van der Waals surface area (Å²) in [5, 5.41) is 3.10. The van der Waals surface area contributed by atoms with E-state index in [0.717, 1.165) is 16.0 Å². The number of carbonyl (C=O) groups excluding carboxylic acids is 3. The minimum absolute atomic E-state index is 0.125. The van der Waals surface area contributed by atoms with E-state index in [1.165, 1.54) is 12.1 Å². The van der Waals surface area contributed by atoms with E-state index in [0.29, 0.717) is 29.4 Å². The molecule has 1 N–H and O–H groups in total. The summed E-state index contributed by atoms with van der Waals surface area (Å²) in [5.41, 5.74) is 2.80. The predicted octanol–water partition coefficient (Wildman–Crippen LogP) is 7.27. The highest BCUT2D eigenvalue weighted by molar-refractivity contribution is 6.54. The predicted molar refractivity (Wildman–Crippen MR) is 158 cm³/mol. The van der Waals surface area contributed by atoms with Crippen molar-refractivity contribution in [2.75, 3.05) is 10.2 Å². The Bertz CT molecular complexity index is 1580. The van der Waals surface area contributed by atoms with Gasteiger partial charge in [0, 0.05) is 29.4 Å². The van der Waals surface area contributed by atoms with Crippen LogP contribution in [0.5, 0.6) is 0 Å². The highest BCUT2D eigenvalue weighted by Gasteiger charge is 2.40. The van der Waals surface area contributed by atoms with Gasteiger partial charge in [-0.3, -0.25) is 14.4 Å². The third-order valence-electron chi connectivity index (χ3n) is 6.27. The molecule has 200 valence electrons. The highest BCUT2D eigenvalue weighted by atomic mass is 35.5. The third kappa shape index (κ3) is 5.89. The molecule has 6 nitrogen and oxygen atoms in total. The molecule has 0 bridgehead atoms. The Hall–Kier alpha value is -4.10. The van der Waals surface area contributed by atoms with Crippen LogP contribution in [0.4, 0.5) is 11.4 Å². The number of hydrogen-bond acceptors (Lipinski definition) is 4. The van der Waals surface area contributed by atoms with Gasteiger partial charge in [0.05, 0.1) is 10.7 Å². The van der Waals surface area contributed by atoms with Crippen LogP contribution in [0.15, 0.2) is 114 Å². The van der Waals surface area contributed by atoms with Crippen LogP contribution < -0.4 is 10.2 Å². The fourth-order valence-corrected chi connectivity index (χ4v) is 4.93. The summed E-state index contributed by atoms with van der Waals surface area (Å²) in [6.45, 7) is 0.817. The van der Waals surface area contributed by atoms with Gasteiger partial charge in [0.2, 0.25) is 0 Å². The van der Waals surface area contributed by atoms with Crippen LogP contribution in [0.3, 0.4) is 0 Å². The van der Waals surface area contributed by atoms with E-state index in [-0.39, 0.29) is 27.3 Å². The number of amides is 3. The molecule has 0 saturated carbocycles. The molecule has 0 radical (unpaired) electrons. The second-order valence-electron chi connectivity index (χ2n) is 9.07. The Morgan fingerprint density at radius 1 is 0.725 bits per heavy atom. The Labute approximate surface area is 246 Å². The molecule has 0 unspecified atom stereocenters. The molecule has 0 spiro atoms. The third-order valence-corrected chi connectivity index (χ3v) is 7.18. The number of imide groups is 1. The van der Waals surface area contributed by atoms with Gasteiger partial charge in [0.15, 0.2) is 0 Å². The van der Waals surface area contributed by atoms with Crippen molar-refractivity contribution in [3.8, 4) is 0 Å². The van der Waals surface area contributed by atoms with Crippen LogP contribution in [0.25, 0.3) is 0 Å². The number of carbonyl (C=O) groups is 3. The van der Waals surface area contributed by atoms with Gasteiger partial charge in [-0.05, 0) is 47.5 Å². The van der Waals surface area contributed by atoms with Gasteiger partial charge in [-0.15, -0.1) is 0 Å². The van der Waals surface area contributed by atoms with Crippen LogP contribution in [0, 0.1) is 0 Å². The largest absolute Gasteiger partial charge is 0.350 e. The second kappa shape index (κ2) is 12.0. The Morgan fingerprint density at radius 3 is 1.98 bits per heavy atom. The Kier molecular flexibility index (Phi) is 8.21. The zero-order chi connectivity index (χ0) is 28.2. The smallest absolute Gasteiger partial charge is 0.283 e. The van der Waals surface area contributed by atoms with Crippen LogP contribution >= 0.6 is 34.8 Å². The van der Waals surface area contributed by atoms with E-state index >= 15 is 0 Å². The van der Waals surface area contributed by atoms with Crippen molar-refractivity contribution in [2.45, 2.75) is 13.1 Å². The maximum Gasteiger partial charge on any atom is 0.283 e. The fourth-order valence-electron chi connectivity index (χ4n) is 4.35. The van der Waals surface area contributed by atoms with Crippen molar-refractivity contribution in [2.24, 2.45) is 0 Å². The van der Waals surface area contributed by atoms with Gasteiger partial charge in [0.1, 0.15) is 10.7 Å². The molecule has 1 aliphatic rings. The fraction of sp³-hybridized carbons (Fsp3) is 0.0645. The summed E-state index contributed by atoms with van der Waals surface area (Å²) in [6, 6.07) is 30.6. The molecular formula is C31H22Cl3N3O3. The van der Waals surface area contributed by atoms with Gasteiger partial charge < -0.3 is 10.2 Å². The monoisotopic (exact) mass is 589 g/mol. The lowest BCUT2D eigenvalue weighted by Gasteiger charge is -2.23. The van der Waals surface area contributed by atoms with Gasteiger partial charge in [-0.25, -0.2) is 4.90 Å². The zero-order valence-electron chi connectivity index (χ0n) is 21.0. The minimum atomic E-state index is -0.734. The average molecular weight is 591 g/mol. The first-order chi connectivity index (χ1) is 19.3. The van der Waals surface area contributed by atoms with Crippen LogP contribution in [-0.2, 0) is 22.7 Å². The lowest BCUT2D eigenvalue weighted by molar-refractivity contribution is -0.120. The molecule has 0 aromatic heterocycles. The lowest BCUT2D eigenvalue weighted by Crippen LogP contribution is -2.32. The van der Waals surface area contributed by atoms with Crippen LogP contribution in [0.1, 0.15) is 21.5 Å². The molecule has 3 amide bonds. The van der Waals surface area contributed by atoms with E-state index in [1.54, 1.807) is 35.2 Å². The standard InChI is InChI=1S/C31H22Cl3N3O3/c32-23-14-15-25(33)26(17-23)37-30(39)27(34)28(31(37)40)35-24-13-7-12-22(16-24)29(38)36(18-20-8-3-1-4-9-20)19-21-10-5-2-6-11-21/h1-17,35H,18-19H2. The lowest BCUT2D eigenvalue weighted by atomic mass is 10.1. The molecule has 4 aromatic carbocycles.